The second-order valence-corrected chi connectivity index (χ2v) is 7.34. The minimum Gasteiger partial charge on any atom is -0.497 e. The van der Waals surface area contributed by atoms with Gasteiger partial charge in [0.15, 0.2) is 5.82 Å². The van der Waals surface area contributed by atoms with Crippen LogP contribution in [0.5, 0.6) is 11.5 Å². The fraction of sp³-hybridized carbons (Fsp3) is 0.200. The molecule has 1 amide bonds. The number of nitrogens with one attached hydrogen (secondary N) is 1. The van der Waals surface area contributed by atoms with E-state index in [1.165, 1.54) is 10.9 Å². The fourth-order valence-electron chi connectivity index (χ4n) is 3.22. The van der Waals surface area contributed by atoms with Crippen molar-refractivity contribution in [1.29, 1.82) is 0 Å². The van der Waals surface area contributed by atoms with Gasteiger partial charge in [-0.3, -0.25) is 4.79 Å². The molecule has 9 nitrogen and oxygen atoms in total. The molecule has 0 aliphatic heterocycles. The van der Waals surface area contributed by atoms with Crippen molar-refractivity contribution in [2.75, 3.05) is 19.0 Å². The van der Waals surface area contributed by atoms with Crippen molar-refractivity contribution in [2.45, 2.75) is 19.8 Å². The van der Waals surface area contributed by atoms with E-state index in [2.05, 4.69) is 27.8 Å². The van der Waals surface area contributed by atoms with Crippen molar-refractivity contribution >= 4 is 23.4 Å². The first-order chi connectivity index (χ1) is 16.7. The first-order valence-corrected chi connectivity index (χ1v) is 10.9. The highest BCUT2D eigenvalue weighted by Crippen LogP contribution is 2.31. The van der Waals surface area contributed by atoms with Gasteiger partial charge < -0.3 is 19.2 Å². The lowest BCUT2D eigenvalue weighted by molar-refractivity contribution is -0.111. The number of hydrogen-bond acceptors (Lipinski definition) is 7. The molecule has 9 heteroatoms. The number of carbonyl (C=O) groups is 1. The normalized spacial score (nSPS) is 11.3. The van der Waals surface area contributed by atoms with Gasteiger partial charge in [0.1, 0.15) is 23.0 Å². The van der Waals surface area contributed by atoms with Gasteiger partial charge in [-0.2, -0.15) is 4.68 Å². The molecule has 0 unspecified atom stereocenters. The number of carbonyl (C=O) groups excluding carboxylic acids is 1. The number of rotatable bonds is 10. The van der Waals surface area contributed by atoms with E-state index >= 15 is 0 Å². The van der Waals surface area contributed by atoms with E-state index in [-0.39, 0.29) is 5.70 Å². The Labute approximate surface area is 197 Å². The molecule has 0 fully saturated rings. The Balaban J connectivity index is 1.71. The highest BCUT2D eigenvalue weighted by atomic mass is 16.5. The summed E-state index contributed by atoms with van der Waals surface area (Å²) < 4.78 is 18.1. The lowest BCUT2D eigenvalue weighted by Gasteiger charge is -2.15. The molecule has 0 saturated carbocycles. The molecule has 2 heterocycles. The van der Waals surface area contributed by atoms with Gasteiger partial charge in [0.25, 0.3) is 5.91 Å². The van der Waals surface area contributed by atoms with Crippen LogP contribution in [0.25, 0.3) is 23.2 Å². The molecule has 4 rings (SSSR count). The number of hydrogen-bond donors (Lipinski definition) is 1. The predicted octanol–water partition coefficient (Wildman–Crippen LogP) is 4.76. The van der Waals surface area contributed by atoms with E-state index in [0.29, 0.717) is 35.4 Å². The third-order valence-electron chi connectivity index (χ3n) is 4.97. The number of furan rings is 1. The van der Waals surface area contributed by atoms with Crippen LogP contribution in [-0.4, -0.2) is 39.8 Å². The van der Waals surface area contributed by atoms with Crippen molar-refractivity contribution in [2.24, 2.45) is 0 Å². The number of methoxy groups -OCH3 is 1. The number of unbranched alkanes of at least 4 members (excludes halogenated alkanes) is 1. The van der Waals surface area contributed by atoms with E-state index in [9.17, 15) is 4.79 Å². The molecule has 0 spiro atoms. The summed E-state index contributed by atoms with van der Waals surface area (Å²) in [4.78, 5) is 13.6. The average molecular weight is 460 g/mol. The highest BCUT2D eigenvalue weighted by molar-refractivity contribution is 6.24. The summed E-state index contributed by atoms with van der Waals surface area (Å²) in [6.07, 6.45) is 5.00. The minimum atomic E-state index is -0.450. The van der Waals surface area contributed by atoms with Gasteiger partial charge in [0, 0.05) is 17.7 Å². The molecule has 1 N–H and O–H groups in total. The van der Waals surface area contributed by atoms with Gasteiger partial charge in [-0.1, -0.05) is 43.7 Å². The summed E-state index contributed by atoms with van der Waals surface area (Å²) in [5.74, 6) is 1.57. The molecule has 2 aromatic carbocycles. The van der Waals surface area contributed by atoms with Crippen LogP contribution in [0.3, 0.4) is 0 Å². The van der Waals surface area contributed by atoms with Gasteiger partial charge in [-0.25, -0.2) is 0 Å². The zero-order valence-corrected chi connectivity index (χ0v) is 19.0. The second-order valence-electron chi connectivity index (χ2n) is 7.34. The van der Waals surface area contributed by atoms with Gasteiger partial charge >= 0.3 is 0 Å². The van der Waals surface area contributed by atoms with Crippen LogP contribution in [0.2, 0.25) is 0 Å². The monoisotopic (exact) mass is 459 g/mol. The van der Waals surface area contributed by atoms with Crippen LogP contribution in [0.4, 0.5) is 5.69 Å². The minimum absolute atomic E-state index is 0.168. The zero-order valence-electron chi connectivity index (χ0n) is 19.0. The number of nitrogens with zero attached hydrogens (tertiary/aromatic N) is 4. The predicted molar refractivity (Wildman–Crippen MR) is 128 cm³/mol. The van der Waals surface area contributed by atoms with Crippen molar-refractivity contribution in [3.8, 4) is 22.9 Å². The third kappa shape index (κ3) is 5.32. The molecule has 0 saturated heterocycles. The van der Waals surface area contributed by atoms with Gasteiger partial charge in [-0.05, 0) is 41.1 Å². The topological polar surface area (TPSA) is 104 Å². The smallest absolute Gasteiger partial charge is 0.274 e. The third-order valence-corrected chi connectivity index (χ3v) is 4.97. The molecule has 174 valence electrons. The first-order valence-electron chi connectivity index (χ1n) is 10.9. The van der Waals surface area contributed by atoms with Crippen LogP contribution in [-0.2, 0) is 4.79 Å². The fourth-order valence-corrected chi connectivity index (χ4v) is 3.22. The Hall–Kier alpha value is -4.40. The van der Waals surface area contributed by atoms with Crippen LogP contribution < -0.4 is 14.8 Å². The summed E-state index contributed by atoms with van der Waals surface area (Å²) in [6, 6.07) is 18.1. The Morgan fingerprint density at radius 2 is 2.00 bits per heavy atom. The lowest BCUT2D eigenvalue weighted by atomic mass is 10.2. The number of tetrazole rings is 1. The lowest BCUT2D eigenvalue weighted by Crippen LogP contribution is -2.20. The van der Waals surface area contributed by atoms with Crippen molar-refractivity contribution in [1.82, 2.24) is 20.2 Å². The number of amides is 1. The zero-order chi connectivity index (χ0) is 23.8. The summed E-state index contributed by atoms with van der Waals surface area (Å²) >= 11 is 0. The van der Waals surface area contributed by atoms with Gasteiger partial charge in [-0.15, -0.1) is 5.10 Å². The van der Waals surface area contributed by atoms with Crippen LogP contribution in [0.15, 0.2) is 71.3 Å². The van der Waals surface area contributed by atoms with E-state index in [1.54, 1.807) is 43.5 Å². The molecule has 0 aliphatic carbocycles. The van der Waals surface area contributed by atoms with Crippen molar-refractivity contribution in [3.05, 3.63) is 72.7 Å². The first kappa shape index (κ1) is 22.8. The van der Waals surface area contributed by atoms with Crippen LogP contribution in [0, 0.1) is 0 Å². The molecule has 0 aliphatic rings. The number of benzene rings is 2. The standard InChI is InChI=1S/C25H25N5O4/c1-3-4-14-34-23-13-12-19(32-2)16-21(23)26-25(31)22(17-20-11-8-15-33-20)30-24(27-28-29-30)18-9-6-5-7-10-18/h5-13,15-17H,3-4,14H2,1-2H3,(H,26,31)/b22-17-. The highest BCUT2D eigenvalue weighted by Gasteiger charge is 2.21. The Morgan fingerprint density at radius 1 is 1.15 bits per heavy atom. The Morgan fingerprint density at radius 3 is 2.74 bits per heavy atom. The van der Waals surface area contributed by atoms with Crippen molar-refractivity contribution < 1.29 is 18.7 Å². The largest absolute Gasteiger partial charge is 0.497 e. The summed E-state index contributed by atoms with van der Waals surface area (Å²) in [7, 11) is 1.56. The van der Waals surface area contributed by atoms with E-state index in [0.717, 1.165) is 18.4 Å². The number of ether oxygens (including phenoxy) is 2. The maximum Gasteiger partial charge on any atom is 0.274 e. The van der Waals surface area contributed by atoms with Crippen LogP contribution >= 0.6 is 0 Å². The maximum absolute atomic E-state index is 13.6. The molecule has 2 aromatic heterocycles. The van der Waals surface area contributed by atoms with Gasteiger partial charge in [0.2, 0.25) is 0 Å². The van der Waals surface area contributed by atoms with Gasteiger partial charge in [0.05, 0.1) is 25.7 Å². The molecule has 34 heavy (non-hydrogen) atoms. The Kier molecular flexibility index (Phi) is 7.34. The molecule has 0 bridgehead atoms. The summed E-state index contributed by atoms with van der Waals surface area (Å²) in [5.41, 5.74) is 1.40. The SMILES string of the molecule is CCCCOc1ccc(OC)cc1NC(=O)/C(=C/c1ccco1)n1nnnc1-c1ccccc1. The average Bonchev–Trinajstić information content (AvgIpc) is 3.56. The number of aromatic nitrogens is 4. The van der Waals surface area contributed by atoms with Crippen molar-refractivity contribution in [3.63, 3.8) is 0 Å². The quantitative estimate of drug-likeness (QED) is 0.269. The Bertz CT molecular complexity index is 1250. The molecular formula is C25H25N5O4. The molecular weight excluding hydrogens is 434 g/mol. The van der Waals surface area contributed by atoms with Crippen LogP contribution in [0.1, 0.15) is 25.5 Å². The van der Waals surface area contributed by atoms with E-state index in [1.807, 2.05) is 30.3 Å². The number of anilines is 1. The molecule has 0 atom stereocenters. The summed E-state index contributed by atoms with van der Waals surface area (Å²) in [6.45, 7) is 2.62. The summed E-state index contributed by atoms with van der Waals surface area (Å²) in [5, 5.41) is 14.9. The maximum atomic E-state index is 13.6. The molecule has 0 radical (unpaired) electrons. The second kappa shape index (κ2) is 11.0. The van der Waals surface area contributed by atoms with E-state index in [4.69, 9.17) is 13.9 Å². The molecule has 4 aromatic rings. The van der Waals surface area contributed by atoms with E-state index < -0.39 is 5.91 Å².